The fourth-order valence-corrected chi connectivity index (χ4v) is 4.46. The number of rotatable bonds is 10. The van der Waals surface area contributed by atoms with Crippen molar-refractivity contribution in [1.29, 1.82) is 0 Å². The van der Waals surface area contributed by atoms with Crippen molar-refractivity contribution < 1.29 is 20.1 Å². The van der Waals surface area contributed by atoms with Crippen molar-refractivity contribution in [3.8, 4) is 0 Å². The van der Waals surface area contributed by atoms with Crippen LogP contribution in [0, 0.1) is 17.8 Å². The van der Waals surface area contributed by atoms with Crippen molar-refractivity contribution >= 4 is 5.97 Å². The molecule has 5 atom stereocenters. The summed E-state index contributed by atoms with van der Waals surface area (Å²) >= 11 is 0. The van der Waals surface area contributed by atoms with Crippen LogP contribution in [0.3, 0.4) is 0 Å². The molecule has 4 nitrogen and oxygen atoms in total. The molecular weight excluding hydrogens is 316 g/mol. The summed E-state index contributed by atoms with van der Waals surface area (Å²) in [6, 6.07) is 0. The number of aliphatic hydroxyl groups is 2. The van der Waals surface area contributed by atoms with E-state index >= 15 is 0 Å². The van der Waals surface area contributed by atoms with Crippen LogP contribution in [0.1, 0.15) is 71.1 Å². The molecular formula is C21H34O4. The van der Waals surface area contributed by atoms with Crippen molar-refractivity contribution in [2.24, 2.45) is 17.8 Å². The summed E-state index contributed by atoms with van der Waals surface area (Å²) in [5, 5.41) is 29.1. The lowest BCUT2D eigenvalue weighted by molar-refractivity contribution is -0.137. The van der Waals surface area contributed by atoms with Crippen LogP contribution in [0.15, 0.2) is 23.8 Å². The number of hydrogen-bond donors (Lipinski definition) is 3. The number of hydrogen-bond acceptors (Lipinski definition) is 3. The molecule has 2 fully saturated rings. The smallest absolute Gasteiger partial charge is 0.303 e. The fraction of sp³-hybridized carbons (Fsp3) is 0.762. The zero-order valence-corrected chi connectivity index (χ0v) is 15.4. The first kappa shape index (κ1) is 20.2. The number of aliphatic carboxylic acids is 1. The number of unbranched alkanes of at least 4 members (excludes halogenated alkanes) is 3. The highest BCUT2D eigenvalue weighted by Crippen LogP contribution is 2.50. The van der Waals surface area contributed by atoms with E-state index in [-0.39, 0.29) is 18.4 Å². The minimum atomic E-state index is -0.729. The van der Waals surface area contributed by atoms with Crippen LogP contribution < -0.4 is 0 Å². The first-order valence-electron chi connectivity index (χ1n) is 9.95. The largest absolute Gasteiger partial charge is 0.481 e. The van der Waals surface area contributed by atoms with Crippen LogP contribution in [0.25, 0.3) is 0 Å². The molecule has 142 valence electrons. The van der Waals surface area contributed by atoms with Crippen molar-refractivity contribution in [2.75, 3.05) is 0 Å². The number of fused-ring (bicyclic) bond motifs is 1. The Hall–Kier alpha value is -1.13. The van der Waals surface area contributed by atoms with E-state index in [0.29, 0.717) is 18.3 Å². The Morgan fingerprint density at radius 3 is 2.80 bits per heavy atom. The first-order chi connectivity index (χ1) is 12.0. The van der Waals surface area contributed by atoms with Gasteiger partial charge in [-0.1, -0.05) is 50.0 Å². The molecule has 2 aliphatic carbocycles. The lowest BCUT2D eigenvalue weighted by Crippen LogP contribution is -2.17. The normalized spacial score (nSPS) is 31.7. The van der Waals surface area contributed by atoms with Crippen LogP contribution in [0.2, 0.25) is 0 Å². The van der Waals surface area contributed by atoms with Crippen LogP contribution in [0.5, 0.6) is 0 Å². The van der Waals surface area contributed by atoms with Crippen LogP contribution in [0.4, 0.5) is 0 Å². The second-order valence-electron chi connectivity index (χ2n) is 7.81. The van der Waals surface area contributed by atoms with Gasteiger partial charge in [0.2, 0.25) is 0 Å². The summed E-state index contributed by atoms with van der Waals surface area (Å²) in [6.07, 6.45) is 14.3. The molecule has 3 N–H and O–H groups in total. The van der Waals surface area contributed by atoms with Gasteiger partial charge in [-0.3, -0.25) is 4.79 Å². The molecule has 0 heterocycles. The second kappa shape index (κ2) is 10.1. The van der Waals surface area contributed by atoms with Gasteiger partial charge in [0.15, 0.2) is 0 Å². The van der Waals surface area contributed by atoms with Gasteiger partial charge in [-0.15, -0.1) is 0 Å². The van der Waals surface area contributed by atoms with Crippen LogP contribution in [-0.2, 0) is 4.79 Å². The average Bonchev–Trinajstić information content (AvgIpc) is 3.06. The summed E-state index contributed by atoms with van der Waals surface area (Å²) in [6.45, 7) is 2.16. The molecule has 0 amide bonds. The molecule has 0 saturated heterocycles. The molecule has 25 heavy (non-hydrogen) atoms. The van der Waals surface area contributed by atoms with Gasteiger partial charge in [-0.25, -0.2) is 0 Å². The third-order valence-corrected chi connectivity index (χ3v) is 5.80. The number of carbonyl (C=O) groups is 1. The fourth-order valence-electron chi connectivity index (χ4n) is 4.46. The number of carboxylic acids is 1. The average molecular weight is 350 g/mol. The van der Waals surface area contributed by atoms with Gasteiger partial charge in [0.05, 0.1) is 12.2 Å². The Morgan fingerprint density at radius 1 is 1.28 bits per heavy atom. The third kappa shape index (κ3) is 6.27. The molecule has 0 spiro atoms. The third-order valence-electron chi connectivity index (χ3n) is 5.80. The van der Waals surface area contributed by atoms with Gasteiger partial charge in [0.1, 0.15) is 0 Å². The van der Waals surface area contributed by atoms with Gasteiger partial charge >= 0.3 is 5.97 Å². The molecule has 2 saturated carbocycles. The molecule has 1 unspecified atom stereocenters. The molecule has 4 heteroatoms. The quantitative estimate of drug-likeness (QED) is 0.410. The van der Waals surface area contributed by atoms with Gasteiger partial charge < -0.3 is 15.3 Å². The van der Waals surface area contributed by atoms with Crippen LogP contribution >= 0.6 is 0 Å². The molecule has 2 aliphatic rings. The SMILES string of the molecule is CCCCC[C@H](O)C=C[C@H]1C(O)C[C@@H]2CC(=CCCCC(=O)O)C[C@@H]21. The summed E-state index contributed by atoms with van der Waals surface area (Å²) in [4.78, 5) is 10.6. The zero-order valence-electron chi connectivity index (χ0n) is 15.4. The Bertz CT molecular complexity index is 482. The lowest BCUT2D eigenvalue weighted by Gasteiger charge is -2.17. The highest BCUT2D eigenvalue weighted by atomic mass is 16.4. The van der Waals surface area contributed by atoms with E-state index in [2.05, 4.69) is 19.1 Å². The molecule has 0 radical (unpaired) electrons. The summed E-state index contributed by atoms with van der Waals surface area (Å²) < 4.78 is 0. The van der Waals surface area contributed by atoms with E-state index < -0.39 is 12.1 Å². The van der Waals surface area contributed by atoms with Gasteiger partial charge in [-0.2, -0.15) is 0 Å². The monoisotopic (exact) mass is 350 g/mol. The van der Waals surface area contributed by atoms with E-state index in [9.17, 15) is 15.0 Å². The minimum Gasteiger partial charge on any atom is -0.481 e. The van der Waals surface area contributed by atoms with Crippen molar-refractivity contribution in [3.05, 3.63) is 23.8 Å². The molecule has 2 rings (SSSR count). The highest BCUT2D eigenvalue weighted by Gasteiger charge is 2.44. The maximum Gasteiger partial charge on any atom is 0.303 e. The van der Waals surface area contributed by atoms with E-state index in [1.807, 2.05) is 6.08 Å². The standard InChI is InChI=1S/C21H34O4/c1-2-3-4-8-17(22)10-11-18-19-13-15(7-5-6-9-21(24)25)12-16(19)14-20(18)23/h7,10-11,16-20,22-23H,2-6,8-9,12-14H2,1H3,(H,24,25)/t16-,17-,18+,19-,20?/m0/s1. The Labute approximate surface area is 151 Å². The molecule has 0 bridgehead atoms. The van der Waals surface area contributed by atoms with E-state index in [4.69, 9.17) is 5.11 Å². The second-order valence-corrected chi connectivity index (χ2v) is 7.81. The molecule has 0 aromatic carbocycles. The molecule has 0 aliphatic heterocycles. The zero-order chi connectivity index (χ0) is 18.2. The topological polar surface area (TPSA) is 77.8 Å². The predicted molar refractivity (Wildman–Crippen MR) is 99.2 cm³/mol. The maximum atomic E-state index is 10.6. The number of aliphatic hydroxyl groups excluding tert-OH is 2. The molecule has 0 aromatic heterocycles. The summed E-state index contributed by atoms with van der Waals surface area (Å²) in [7, 11) is 0. The molecule has 0 aromatic rings. The maximum absolute atomic E-state index is 10.6. The van der Waals surface area contributed by atoms with Gasteiger partial charge in [0, 0.05) is 12.3 Å². The highest BCUT2D eigenvalue weighted by molar-refractivity contribution is 5.66. The van der Waals surface area contributed by atoms with Crippen LogP contribution in [-0.4, -0.2) is 33.5 Å². The van der Waals surface area contributed by atoms with Crippen molar-refractivity contribution in [1.82, 2.24) is 0 Å². The van der Waals surface area contributed by atoms with Crippen molar-refractivity contribution in [2.45, 2.75) is 83.3 Å². The van der Waals surface area contributed by atoms with Gasteiger partial charge in [-0.05, 0) is 50.4 Å². The van der Waals surface area contributed by atoms with E-state index in [0.717, 1.165) is 51.4 Å². The first-order valence-corrected chi connectivity index (χ1v) is 9.95. The summed E-state index contributed by atoms with van der Waals surface area (Å²) in [5.41, 5.74) is 1.43. The van der Waals surface area contributed by atoms with Gasteiger partial charge in [0.25, 0.3) is 0 Å². The Balaban J connectivity index is 1.83. The van der Waals surface area contributed by atoms with E-state index in [1.165, 1.54) is 5.57 Å². The number of allylic oxidation sites excluding steroid dienone is 2. The summed E-state index contributed by atoms with van der Waals surface area (Å²) in [5.74, 6) is 0.427. The minimum absolute atomic E-state index is 0.149. The predicted octanol–water partition coefficient (Wildman–Crippen LogP) is 4.07. The number of carboxylic acid groups (broad SMARTS) is 1. The lowest BCUT2D eigenvalue weighted by atomic mass is 9.90. The van der Waals surface area contributed by atoms with E-state index in [1.54, 1.807) is 0 Å². The Morgan fingerprint density at radius 2 is 2.08 bits per heavy atom. The Kier molecular flexibility index (Phi) is 8.17. The van der Waals surface area contributed by atoms with Crippen molar-refractivity contribution in [3.63, 3.8) is 0 Å².